The monoisotopic (exact) mass is 547 g/mol. The van der Waals surface area contributed by atoms with Gasteiger partial charge in [-0.05, 0) is 68.8 Å². The molecule has 1 heterocycles. The zero-order valence-electron chi connectivity index (χ0n) is 22.7. The first-order valence-corrected chi connectivity index (χ1v) is 13.7. The molecular formula is C30H33N3O7. The van der Waals surface area contributed by atoms with E-state index in [9.17, 15) is 34.2 Å². The van der Waals surface area contributed by atoms with E-state index in [4.69, 9.17) is 5.73 Å². The second kappa shape index (κ2) is 9.02. The van der Waals surface area contributed by atoms with Gasteiger partial charge in [0.25, 0.3) is 0 Å². The van der Waals surface area contributed by atoms with Crippen LogP contribution in [0.5, 0.6) is 5.75 Å². The topological polar surface area (TPSA) is 158 Å². The average molecular weight is 548 g/mol. The normalized spacial score (nSPS) is 33.9. The average Bonchev–Trinajstić information content (AvgIpc) is 2.88. The predicted octanol–water partition coefficient (Wildman–Crippen LogP) is 0.614. The number of phenols is 1. The summed E-state index contributed by atoms with van der Waals surface area (Å²) in [7, 11) is 3.13. The fraction of sp³-hybridized carbons (Fsp3) is 0.500. The van der Waals surface area contributed by atoms with Crippen molar-refractivity contribution >= 4 is 39.8 Å². The number of phenolic OH excluding ortho intramolecular Hbond substituents is 1. The zero-order chi connectivity index (χ0) is 28.8. The maximum Gasteiger partial charge on any atom is 0.235 e. The first-order chi connectivity index (χ1) is 18.9. The number of aromatic hydroxyl groups is 1. The van der Waals surface area contributed by atoms with E-state index in [2.05, 4.69) is 11.8 Å². The molecule has 6 rings (SSSR count). The van der Waals surface area contributed by atoms with E-state index in [0.29, 0.717) is 23.5 Å². The molecule has 3 unspecified atom stereocenters. The van der Waals surface area contributed by atoms with Gasteiger partial charge in [-0.15, -0.1) is 0 Å². The van der Waals surface area contributed by atoms with Gasteiger partial charge in [-0.3, -0.25) is 33.8 Å². The van der Waals surface area contributed by atoms with Gasteiger partial charge in [-0.1, -0.05) is 18.2 Å². The number of ketones is 4. The van der Waals surface area contributed by atoms with E-state index in [1.54, 1.807) is 14.1 Å². The smallest absolute Gasteiger partial charge is 0.235 e. The number of benzene rings is 2. The molecular weight excluding hydrogens is 514 g/mol. The van der Waals surface area contributed by atoms with Crippen LogP contribution in [-0.4, -0.2) is 87.4 Å². The Morgan fingerprint density at radius 1 is 1.15 bits per heavy atom. The number of hydrogen-bond donors (Lipinski definition) is 3. The lowest BCUT2D eigenvalue weighted by molar-refractivity contribution is -0.181. The van der Waals surface area contributed by atoms with Crippen molar-refractivity contribution in [3.63, 3.8) is 0 Å². The number of carbonyl (C=O) groups is 5. The molecule has 10 nitrogen and oxygen atoms in total. The van der Waals surface area contributed by atoms with Crippen molar-refractivity contribution in [1.29, 1.82) is 0 Å². The third-order valence-electron chi connectivity index (χ3n) is 9.77. The number of amides is 1. The molecule has 0 bridgehead atoms. The molecule has 2 aromatic rings. The lowest BCUT2D eigenvalue weighted by Crippen LogP contribution is -2.74. The quantitative estimate of drug-likeness (QED) is 0.467. The van der Waals surface area contributed by atoms with Crippen molar-refractivity contribution in [2.45, 2.75) is 50.4 Å². The third kappa shape index (κ3) is 3.55. The van der Waals surface area contributed by atoms with Crippen LogP contribution in [0.2, 0.25) is 0 Å². The summed E-state index contributed by atoms with van der Waals surface area (Å²) < 4.78 is 0. The second-order valence-electron chi connectivity index (χ2n) is 12.2. The lowest BCUT2D eigenvalue weighted by Gasteiger charge is -2.52. The number of carbonyl (C=O) groups excluding carboxylic acids is 5. The summed E-state index contributed by atoms with van der Waals surface area (Å²) in [5.74, 6) is -10.3. The van der Waals surface area contributed by atoms with Gasteiger partial charge >= 0.3 is 0 Å². The minimum atomic E-state index is -2.72. The number of Topliss-reactive ketones (excluding diaryl/α,β-unsaturated/α-hetero) is 4. The van der Waals surface area contributed by atoms with Crippen molar-refractivity contribution in [3.8, 4) is 5.75 Å². The van der Waals surface area contributed by atoms with Crippen LogP contribution in [0.25, 0.3) is 10.8 Å². The van der Waals surface area contributed by atoms with Crippen LogP contribution in [-0.2, 0) is 32.1 Å². The van der Waals surface area contributed by atoms with Crippen molar-refractivity contribution in [1.82, 2.24) is 9.80 Å². The summed E-state index contributed by atoms with van der Waals surface area (Å²) in [4.78, 5) is 70.4. The molecule has 210 valence electrons. The number of nitrogens with two attached hydrogens (primary N) is 1. The first kappa shape index (κ1) is 26.7. The molecule has 2 aromatic carbocycles. The molecule has 3 fully saturated rings. The van der Waals surface area contributed by atoms with Gasteiger partial charge in [-0.25, -0.2) is 0 Å². The van der Waals surface area contributed by atoms with Crippen molar-refractivity contribution in [2.75, 3.05) is 20.6 Å². The highest BCUT2D eigenvalue weighted by Crippen LogP contribution is 2.51. The Morgan fingerprint density at radius 2 is 1.88 bits per heavy atom. The van der Waals surface area contributed by atoms with Crippen LogP contribution in [0.1, 0.15) is 41.3 Å². The standard InChI is InChI=1S/C30H33N3O7/c1-13-6-7-33(13)12-14-4-5-15-9-16-10-17-11-19-23(32(2)3)26(36)22(29(31)39)28(38)30(19,40)27(37)21(17)25(35)20(16)24(34)18(15)8-14/h4-5,8-9,13,17,19,21-23,34,40H,6-7,10-12H2,1-3H3,(H2,31,39)/t13?,17-,19-,21?,22?,23-,30-/m0/s1. The molecule has 1 saturated heterocycles. The number of hydrogen-bond acceptors (Lipinski definition) is 9. The lowest BCUT2D eigenvalue weighted by atomic mass is 9.52. The van der Waals surface area contributed by atoms with E-state index in [1.807, 2.05) is 24.3 Å². The summed E-state index contributed by atoms with van der Waals surface area (Å²) in [6.07, 6.45) is 1.43. The largest absolute Gasteiger partial charge is 0.507 e. The van der Waals surface area contributed by atoms with Crippen LogP contribution >= 0.6 is 0 Å². The molecule has 0 aromatic heterocycles. The number of rotatable bonds is 4. The van der Waals surface area contributed by atoms with Crippen molar-refractivity contribution < 1.29 is 34.2 Å². The molecule has 2 saturated carbocycles. The van der Waals surface area contributed by atoms with Crippen LogP contribution in [0.4, 0.5) is 0 Å². The molecule has 0 radical (unpaired) electrons. The van der Waals surface area contributed by atoms with Crippen LogP contribution in [0.3, 0.4) is 0 Å². The Labute approximate surface area is 231 Å². The van der Waals surface area contributed by atoms with Crippen LogP contribution < -0.4 is 5.73 Å². The summed E-state index contributed by atoms with van der Waals surface area (Å²) in [6.45, 7) is 3.87. The van der Waals surface area contributed by atoms with Gasteiger partial charge in [0.2, 0.25) is 5.91 Å². The maximum atomic E-state index is 13.9. The Bertz CT molecular complexity index is 1520. The molecule has 7 atom stereocenters. The summed E-state index contributed by atoms with van der Waals surface area (Å²) in [5.41, 5.74) is 4.25. The number of fused-ring (bicyclic) bond motifs is 4. The molecule has 3 aliphatic carbocycles. The number of likely N-dealkylation sites (tertiary alicyclic amines) is 1. The second-order valence-corrected chi connectivity index (χ2v) is 12.2. The highest BCUT2D eigenvalue weighted by molar-refractivity contribution is 6.32. The summed E-state index contributed by atoms with van der Waals surface area (Å²) in [6, 6.07) is 7.01. The van der Waals surface area contributed by atoms with E-state index in [1.165, 1.54) is 4.90 Å². The number of primary amides is 1. The number of aliphatic hydroxyl groups is 1. The van der Waals surface area contributed by atoms with Gasteiger partial charge in [0.05, 0.1) is 17.5 Å². The highest BCUT2D eigenvalue weighted by atomic mass is 16.3. The Kier molecular flexibility index (Phi) is 6.03. The maximum absolute atomic E-state index is 13.9. The Morgan fingerprint density at radius 3 is 2.48 bits per heavy atom. The Hall–Kier alpha value is -3.47. The molecule has 0 spiro atoms. The molecule has 40 heavy (non-hydrogen) atoms. The van der Waals surface area contributed by atoms with Crippen molar-refractivity contribution in [3.05, 3.63) is 41.0 Å². The fourth-order valence-corrected chi connectivity index (χ4v) is 7.56. The fourth-order valence-electron chi connectivity index (χ4n) is 7.56. The SMILES string of the molecule is CC1CCN1Cc1ccc2cc3c(c(O)c2c1)C(=O)C1C(=O)[C@]2(O)C(=O)C(C(N)=O)C(=O)[C@@H](N(C)C)[C@@H]2C[C@@H]1C3. The number of nitrogens with zero attached hydrogens (tertiary/aromatic N) is 2. The van der Waals surface area contributed by atoms with Gasteiger partial charge in [0.15, 0.2) is 34.7 Å². The van der Waals surface area contributed by atoms with Gasteiger partial charge in [0, 0.05) is 30.4 Å². The molecule has 1 amide bonds. The molecule has 4 N–H and O–H groups in total. The van der Waals surface area contributed by atoms with Gasteiger partial charge in [0.1, 0.15) is 5.75 Å². The molecule has 1 aliphatic heterocycles. The van der Waals surface area contributed by atoms with E-state index >= 15 is 0 Å². The summed E-state index contributed by atoms with van der Waals surface area (Å²) >= 11 is 0. The highest BCUT2D eigenvalue weighted by Gasteiger charge is 2.69. The zero-order valence-corrected chi connectivity index (χ0v) is 22.7. The summed E-state index contributed by atoms with van der Waals surface area (Å²) in [5, 5.41) is 24.3. The molecule has 10 heteroatoms. The minimum Gasteiger partial charge on any atom is -0.507 e. The van der Waals surface area contributed by atoms with Crippen LogP contribution in [0.15, 0.2) is 24.3 Å². The van der Waals surface area contributed by atoms with E-state index in [0.717, 1.165) is 23.9 Å². The molecule has 4 aliphatic rings. The van der Waals surface area contributed by atoms with Crippen LogP contribution in [0, 0.1) is 23.7 Å². The van der Waals surface area contributed by atoms with E-state index < -0.39 is 64.4 Å². The predicted molar refractivity (Wildman–Crippen MR) is 143 cm³/mol. The van der Waals surface area contributed by atoms with Gasteiger partial charge < -0.3 is 15.9 Å². The third-order valence-corrected chi connectivity index (χ3v) is 9.77. The first-order valence-electron chi connectivity index (χ1n) is 13.7. The number of likely N-dealkylation sites (N-methyl/N-ethyl adjacent to an activating group) is 1. The van der Waals surface area contributed by atoms with E-state index in [-0.39, 0.29) is 24.2 Å². The Balaban J connectivity index is 1.42. The van der Waals surface area contributed by atoms with Crippen molar-refractivity contribution in [2.24, 2.45) is 29.4 Å². The minimum absolute atomic E-state index is 0.0218. The van der Waals surface area contributed by atoms with Gasteiger partial charge in [-0.2, -0.15) is 0 Å².